The number of carboxylic acid groups (broad SMARTS) is 1. The van der Waals surface area contributed by atoms with Gasteiger partial charge in [0.05, 0.1) is 19.8 Å². The monoisotopic (exact) mass is 674 g/mol. The van der Waals surface area contributed by atoms with Crippen LogP contribution in [0.3, 0.4) is 0 Å². The summed E-state index contributed by atoms with van der Waals surface area (Å²) in [6, 6.07) is -0.885. The summed E-state index contributed by atoms with van der Waals surface area (Å²) in [6.07, 6.45) is -15.7. The van der Waals surface area contributed by atoms with Crippen LogP contribution < -0.4 is 10.6 Å². The smallest absolute Gasteiger partial charge is 0.373 e. The summed E-state index contributed by atoms with van der Waals surface area (Å²) in [7, 11) is 0. The third kappa shape index (κ3) is 13.1. The van der Waals surface area contributed by atoms with Gasteiger partial charge in [0.2, 0.25) is 11.8 Å². The average molecular weight is 675 g/mol. The fourth-order valence-electron chi connectivity index (χ4n) is 4.25. The van der Waals surface area contributed by atoms with Crippen LogP contribution in [-0.2, 0) is 42.9 Å². The van der Waals surface area contributed by atoms with Crippen LogP contribution in [0, 0.1) is 0 Å². The topological polar surface area (TPSA) is 308 Å². The van der Waals surface area contributed by atoms with Gasteiger partial charge in [0.1, 0.15) is 54.9 Å². The number of ether oxygens (including phenoxy) is 4. The Kier molecular flexibility index (Phi) is 19.4. The highest BCUT2D eigenvalue weighted by atomic mass is 32.2. The highest BCUT2D eigenvalue weighted by Crippen LogP contribution is 2.29. The lowest BCUT2D eigenvalue weighted by Gasteiger charge is -2.45. The molecule has 0 bridgehead atoms. The Labute approximate surface area is 261 Å². The molecule has 0 aliphatic carbocycles. The number of nitrogens with one attached hydrogen (secondary N) is 2. The third-order valence-corrected chi connectivity index (χ3v) is 7.56. The van der Waals surface area contributed by atoms with Crippen LogP contribution in [0.2, 0.25) is 0 Å². The summed E-state index contributed by atoms with van der Waals surface area (Å²) in [5, 5.41) is 84.3. The number of aliphatic hydroxyl groups excluding tert-OH is 7. The number of hydrogen-bond acceptors (Lipinski definition) is 17. The zero-order valence-corrected chi connectivity index (χ0v) is 25.2. The Hall–Kier alpha value is -2.30. The molecule has 5 unspecified atom stereocenters. The number of carboxylic acids is 1. The molecule has 2 saturated heterocycles. The molecule has 10 N–H and O–H groups in total. The number of aliphatic hydroxyl groups is 7. The van der Waals surface area contributed by atoms with Crippen LogP contribution in [0.25, 0.3) is 0 Å². The first-order chi connectivity index (χ1) is 21.4. The highest BCUT2D eigenvalue weighted by Gasteiger charge is 2.50. The molecule has 11 atom stereocenters. The van der Waals surface area contributed by atoms with Gasteiger partial charge in [0.25, 0.3) is 0 Å². The normalized spacial score (nSPS) is 31.9. The van der Waals surface area contributed by atoms with Crippen molar-refractivity contribution in [1.29, 1.82) is 0 Å². The third-order valence-electron chi connectivity index (χ3n) is 6.58. The van der Waals surface area contributed by atoms with Crippen LogP contribution in [0.5, 0.6) is 0 Å². The summed E-state index contributed by atoms with van der Waals surface area (Å²) in [5.41, 5.74) is 0. The second-order valence-corrected chi connectivity index (χ2v) is 11.1. The first-order valence-corrected chi connectivity index (χ1v) is 15.1. The van der Waals surface area contributed by atoms with Crippen LogP contribution in [0.4, 0.5) is 0 Å². The number of carbonyl (C=O) groups is 3. The minimum atomic E-state index is -1.79. The number of rotatable bonds is 17. The molecular formula is C25H42N2O17S. The average Bonchev–Trinajstić information content (AvgIpc) is 3.00. The Morgan fingerprint density at radius 2 is 1.49 bits per heavy atom. The van der Waals surface area contributed by atoms with Gasteiger partial charge in [-0.2, -0.15) is 21.4 Å². The van der Waals surface area contributed by atoms with E-state index in [2.05, 4.69) is 10.6 Å². The lowest BCUT2D eigenvalue weighted by Crippen LogP contribution is -2.64. The molecule has 0 saturated carbocycles. The Morgan fingerprint density at radius 1 is 0.889 bits per heavy atom. The molecule has 0 spiro atoms. The van der Waals surface area contributed by atoms with Crippen molar-refractivity contribution in [2.24, 2.45) is 0 Å². The molecule has 2 heterocycles. The minimum absolute atomic E-state index is 0.0532. The van der Waals surface area contributed by atoms with Crippen molar-refractivity contribution in [3.05, 3.63) is 0 Å². The molecule has 0 radical (unpaired) electrons. The molecule has 2 amide bonds. The van der Waals surface area contributed by atoms with E-state index in [-0.39, 0.29) is 44.3 Å². The van der Waals surface area contributed by atoms with E-state index in [1.807, 2.05) is 6.92 Å². The summed E-state index contributed by atoms with van der Waals surface area (Å²) >= 11 is 1.41. The molecule has 2 aliphatic rings. The van der Waals surface area contributed by atoms with E-state index in [9.17, 15) is 50.1 Å². The minimum Gasteiger partial charge on any atom is -0.481 e. The largest absolute Gasteiger partial charge is 0.481 e. The lowest BCUT2D eigenvalue weighted by molar-refractivity contribution is -0.359. The SMILES string of the molecule is CCSCC(NC(=O)CCCC(=O)O)C(=O)NCCO[C@@H]1OC(CO)[C@@H](O[C@H]2OC(CO)[C@@H](O)[C@H](O)C2O)[C@H](O)C1O.O=C=O. The van der Waals surface area contributed by atoms with E-state index in [0.29, 0.717) is 5.75 Å². The van der Waals surface area contributed by atoms with Crippen LogP contribution >= 0.6 is 11.8 Å². The van der Waals surface area contributed by atoms with Crippen LogP contribution in [-0.4, -0.2) is 170 Å². The molecule has 260 valence electrons. The zero-order chi connectivity index (χ0) is 34.1. The van der Waals surface area contributed by atoms with E-state index in [1.54, 1.807) is 0 Å². The van der Waals surface area contributed by atoms with Gasteiger partial charge in [-0.3, -0.25) is 14.4 Å². The standard InChI is InChI=1S/C24H42N2O15S.CO2/c1-2-42-10-11(26-14(29)4-3-5-15(30)31)22(37)25-6-7-38-23-20(36)18(34)21(13(9-28)40-23)41-24-19(35)17(33)16(32)12(8-27)39-24;2-1-3/h11-13,16-21,23-24,27-28,32-36H,2-10H2,1H3,(H,25,37)(H,26,29)(H,30,31);/t11?,12?,13?,16-,17+,18-,19?,20?,21-,23-,24-;/m1./s1. The van der Waals surface area contributed by atoms with E-state index in [4.69, 9.17) is 33.6 Å². The van der Waals surface area contributed by atoms with Crippen LogP contribution in [0.1, 0.15) is 26.2 Å². The lowest BCUT2D eigenvalue weighted by atomic mass is 9.97. The molecule has 2 rings (SSSR count). The summed E-state index contributed by atoms with van der Waals surface area (Å²) in [4.78, 5) is 51.6. The van der Waals surface area contributed by atoms with Crippen molar-refractivity contribution in [3.8, 4) is 0 Å². The summed E-state index contributed by atoms with van der Waals surface area (Å²) in [6.45, 7) is 0.135. The fraction of sp³-hybridized carbons (Fsp3) is 0.840. The predicted octanol–water partition coefficient (Wildman–Crippen LogP) is -5.35. The van der Waals surface area contributed by atoms with Crippen molar-refractivity contribution < 1.29 is 83.8 Å². The maximum atomic E-state index is 12.6. The summed E-state index contributed by atoms with van der Waals surface area (Å²) < 4.78 is 21.7. The quantitative estimate of drug-likeness (QED) is 0.0644. The van der Waals surface area contributed by atoms with Gasteiger partial charge in [0, 0.05) is 25.1 Å². The van der Waals surface area contributed by atoms with Crippen molar-refractivity contribution in [3.63, 3.8) is 0 Å². The van der Waals surface area contributed by atoms with Crippen molar-refractivity contribution in [1.82, 2.24) is 10.6 Å². The fourth-order valence-corrected chi connectivity index (χ4v) is 4.96. The van der Waals surface area contributed by atoms with Crippen molar-refractivity contribution in [2.75, 3.05) is 37.9 Å². The second-order valence-electron chi connectivity index (χ2n) is 9.78. The molecule has 0 aromatic carbocycles. The predicted molar refractivity (Wildman–Crippen MR) is 147 cm³/mol. The number of hydrogen-bond donors (Lipinski definition) is 10. The maximum Gasteiger partial charge on any atom is 0.373 e. The van der Waals surface area contributed by atoms with E-state index in [0.717, 1.165) is 0 Å². The van der Waals surface area contributed by atoms with Gasteiger partial charge in [-0.15, -0.1) is 0 Å². The Bertz CT molecular complexity index is 937. The number of amides is 2. The Morgan fingerprint density at radius 3 is 2.07 bits per heavy atom. The Balaban J connectivity index is 0.00000324. The number of aliphatic carboxylic acids is 1. The molecule has 2 fully saturated rings. The molecule has 0 aromatic heterocycles. The van der Waals surface area contributed by atoms with Gasteiger partial charge in [0.15, 0.2) is 12.6 Å². The zero-order valence-electron chi connectivity index (χ0n) is 24.4. The van der Waals surface area contributed by atoms with Gasteiger partial charge >= 0.3 is 12.1 Å². The molecular weight excluding hydrogens is 632 g/mol. The first-order valence-electron chi connectivity index (χ1n) is 13.9. The van der Waals surface area contributed by atoms with E-state index in [1.165, 1.54) is 11.8 Å². The number of thioether (sulfide) groups is 1. The molecule has 20 heteroatoms. The van der Waals surface area contributed by atoms with E-state index >= 15 is 0 Å². The van der Waals surface area contributed by atoms with Gasteiger partial charge in [-0.25, -0.2) is 0 Å². The molecule has 0 aromatic rings. The summed E-state index contributed by atoms with van der Waals surface area (Å²) in [5.74, 6) is -1.04. The second kappa shape index (κ2) is 21.5. The molecule has 2 aliphatic heterocycles. The highest BCUT2D eigenvalue weighted by molar-refractivity contribution is 7.99. The molecule has 45 heavy (non-hydrogen) atoms. The van der Waals surface area contributed by atoms with Gasteiger partial charge in [-0.1, -0.05) is 6.92 Å². The first kappa shape index (κ1) is 40.7. The van der Waals surface area contributed by atoms with Gasteiger partial charge in [-0.05, 0) is 12.2 Å². The van der Waals surface area contributed by atoms with Crippen molar-refractivity contribution >= 4 is 35.7 Å². The van der Waals surface area contributed by atoms with E-state index < -0.39 is 98.5 Å². The van der Waals surface area contributed by atoms with Crippen LogP contribution in [0.15, 0.2) is 0 Å². The van der Waals surface area contributed by atoms with Crippen molar-refractivity contribution in [2.45, 2.75) is 93.6 Å². The number of carbonyl (C=O) groups excluding carboxylic acids is 4. The van der Waals surface area contributed by atoms with Gasteiger partial charge < -0.3 is 70.4 Å². The maximum absolute atomic E-state index is 12.6. The molecule has 19 nitrogen and oxygen atoms in total.